The first-order valence-corrected chi connectivity index (χ1v) is 10.7. The van der Waals surface area contributed by atoms with Crippen LogP contribution in [0.2, 0.25) is 0 Å². The number of halogens is 1. The van der Waals surface area contributed by atoms with Crippen molar-refractivity contribution in [1.82, 2.24) is 9.88 Å². The average molecular weight is 445 g/mol. The van der Waals surface area contributed by atoms with Gasteiger partial charge in [-0.2, -0.15) is 0 Å². The van der Waals surface area contributed by atoms with Gasteiger partial charge in [0.1, 0.15) is 48.0 Å². The number of rotatable bonds is 6. The van der Waals surface area contributed by atoms with E-state index < -0.39 is 11.3 Å². The van der Waals surface area contributed by atoms with E-state index in [1.165, 1.54) is 13.8 Å². The molecule has 1 aromatic carbocycles. The molecule has 0 aliphatic carbocycles. The molecule has 3 heterocycles. The average Bonchev–Trinajstić information content (AvgIpc) is 3.21. The fourth-order valence-corrected chi connectivity index (χ4v) is 4.25. The van der Waals surface area contributed by atoms with Crippen LogP contribution in [0.3, 0.4) is 0 Å². The van der Waals surface area contributed by atoms with E-state index >= 15 is 0 Å². The second-order valence-corrected chi connectivity index (χ2v) is 8.85. The Kier molecular flexibility index (Phi) is 6.09. The van der Waals surface area contributed by atoms with E-state index in [1.54, 1.807) is 36.4 Å². The molecule has 4 rings (SSSR count). The zero-order valence-corrected chi connectivity index (χ0v) is 18.9. The van der Waals surface area contributed by atoms with Crippen LogP contribution in [-0.2, 0) is 15.1 Å². The van der Waals surface area contributed by atoms with Gasteiger partial charge in [-0.05, 0) is 56.7 Å². The summed E-state index contributed by atoms with van der Waals surface area (Å²) in [7, 11) is 1.60. The number of carbonyl (C=O) groups excluding carboxylic acids is 1. The van der Waals surface area contributed by atoms with Crippen LogP contribution in [0.15, 0.2) is 36.5 Å². The summed E-state index contributed by atoms with van der Waals surface area (Å²) in [4.78, 5) is 19.5. The predicted octanol–water partition coefficient (Wildman–Crippen LogP) is 3.64. The maximum atomic E-state index is 13.7. The number of alkyl halides is 1. The SMILES string of the molecule is COc1cccnc1[C@@]12CCN(C(=O)c3ccc(OCC(C)(C)F)c(C)c3)CC1OCO2. The molecule has 0 N–H and O–H groups in total. The van der Waals surface area contributed by atoms with Crippen molar-refractivity contribution in [3.05, 3.63) is 53.3 Å². The van der Waals surface area contributed by atoms with Crippen molar-refractivity contribution in [2.24, 2.45) is 0 Å². The van der Waals surface area contributed by atoms with Crippen LogP contribution in [-0.4, -0.2) is 61.2 Å². The highest BCUT2D eigenvalue weighted by atomic mass is 19.1. The summed E-state index contributed by atoms with van der Waals surface area (Å²) in [6.07, 6.45) is 1.90. The fourth-order valence-electron chi connectivity index (χ4n) is 4.25. The number of likely N-dealkylation sites (tertiary alicyclic amines) is 1. The first-order chi connectivity index (χ1) is 15.2. The number of aryl methyl sites for hydroxylation is 1. The third-order valence-electron chi connectivity index (χ3n) is 5.92. The lowest BCUT2D eigenvalue weighted by atomic mass is 9.84. The van der Waals surface area contributed by atoms with Gasteiger partial charge in [0.25, 0.3) is 5.91 Å². The van der Waals surface area contributed by atoms with Gasteiger partial charge in [0, 0.05) is 24.7 Å². The molecule has 2 atom stereocenters. The summed E-state index contributed by atoms with van der Waals surface area (Å²) in [6.45, 7) is 5.74. The molecular formula is C24H29FN2O5. The number of hydrogen-bond donors (Lipinski definition) is 0. The lowest BCUT2D eigenvalue weighted by Gasteiger charge is -2.41. The van der Waals surface area contributed by atoms with E-state index in [0.717, 1.165) is 5.56 Å². The number of aromatic nitrogens is 1. The number of nitrogens with zero attached hydrogens (tertiary/aromatic N) is 2. The molecule has 0 spiro atoms. The molecule has 2 aliphatic rings. The van der Waals surface area contributed by atoms with Crippen molar-refractivity contribution in [3.8, 4) is 11.5 Å². The molecule has 8 heteroatoms. The number of pyridine rings is 1. The van der Waals surface area contributed by atoms with Gasteiger partial charge in [-0.1, -0.05) is 0 Å². The molecule has 1 unspecified atom stereocenters. The second kappa shape index (κ2) is 8.67. The van der Waals surface area contributed by atoms with Gasteiger partial charge in [-0.25, -0.2) is 4.39 Å². The minimum absolute atomic E-state index is 0.0503. The molecule has 0 bridgehead atoms. The summed E-state index contributed by atoms with van der Waals surface area (Å²) in [6, 6.07) is 8.87. The summed E-state index contributed by atoms with van der Waals surface area (Å²) in [5.74, 6) is 1.12. The minimum atomic E-state index is -1.43. The smallest absolute Gasteiger partial charge is 0.253 e. The monoisotopic (exact) mass is 444 g/mol. The van der Waals surface area contributed by atoms with Crippen LogP contribution < -0.4 is 9.47 Å². The van der Waals surface area contributed by atoms with E-state index in [9.17, 15) is 9.18 Å². The first-order valence-electron chi connectivity index (χ1n) is 10.7. The topological polar surface area (TPSA) is 70.1 Å². The molecule has 0 saturated carbocycles. The summed E-state index contributed by atoms with van der Waals surface area (Å²) in [5, 5.41) is 0. The summed E-state index contributed by atoms with van der Waals surface area (Å²) < 4.78 is 36.7. The number of amides is 1. The molecule has 172 valence electrons. The number of benzene rings is 1. The van der Waals surface area contributed by atoms with Crippen LogP contribution in [0, 0.1) is 6.92 Å². The van der Waals surface area contributed by atoms with Crippen LogP contribution in [0.5, 0.6) is 11.5 Å². The molecule has 2 aliphatic heterocycles. The Bertz CT molecular complexity index is 993. The normalized spacial score (nSPS) is 23.0. The highest BCUT2D eigenvalue weighted by Crippen LogP contribution is 2.45. The zero-order chi connectivity index (χ0) is 22.9. The molecular weight excluding hydrogens is 415 g/mol. The molecule has 7 nitrogen and oxygen atoms in total. The van der Waals surface area contributed by atoms with Gasteiger partial charge < -0.3 is 23.8 Å². The van der Waals surface area contributed by atoms with E-state index in [0.29, 0.717) is 42.3 Å². The molecule has 1 aromatic heterocycles. The zero-order valence-electron chi connectivity index (χ0n) is 18.9. The molecule has 0 radical (unpaired) electrons. The number of piperidine rings is 1. The summed E-state index contributed by atoms with van der Waals surface area (Å²) >= 11 is 0. The van der Waals surface area contributed by atoms with E-state index in [2.05, 4.69) is 4.98 Å². The standard InChI is InChI=1S/C24H29FN2O5/c1-16-12-17(7-8-18(16)30-14-23(2,3)25)22(28)27-11-9-24(20(13-27)31-15-32-24)21-19(29-4)6-5-10-26-21/h5-8,10,12,20H,9,11,13-15H2,1-4H3/t20?,24-/m1/s1. The lowest BCUT2D eigenvalue weighted by molar-refractivity contribution is -0.0484. The van der Waals surface area contributed by atoms with Crippen molar-refractivity contribution < 1.29 is 28.1 Å². The van der Waals surface area contributed by atoms with Crippen LogP contribution in [0.4, 0.5) is 4.39 Å². The van der Waals surface area contributed by atoms with Crippen molar-refractivity contribution in [2.45, 2.75) is 44.6 Å². The Hall–Kier alpha value is -2.71. The first kappa shape index (κ1) is 22.5. The van der Waals surface area contributed by atoms with Crippen LogP contribution in [0.1, 0.15) is 41.9 Å². The number of carbonyl (C=O) groups is 1. The Morgan fingerprint density at radius 3 is 2.88 bits per heavy atom. The number of hydrogen-bond acceptors (Lipinski definition) is 6. The quantitative estimate of drug-likeness (QED) is 0.678. The van der Waals surface area contributed by atoms with Crippen molar-refractivity contribution in [3.63, 3.8) is 0 Å². The molecule has 1 amide bonds. The van der Waals surface area contributed by atoms with Crippen LogP contribution in [0.25, 0.3) is 0 Å². The van der Waals surface area contributed by atoms with Gasteiger partial charge in [0.15, 0.2) is 0 Å². The Labute approximate surface area is 187 Å². The lowest BCUT2D eigenvalue weighted by Crippen LogP contribution is -2.54. The third kappa shape index (κ3) is 4.29. The number of ether oxygens (including phenoxy) is 4. The third-order valence-corrected chi connectivity index (χ3v) is 5.92. The van der Waals surface area contributed by atoms with Crippen LogP contribution >= 0.6 is 0 Å². The number of methoxy groups -OCH3 is 1. The maximum absolute atomic E-state index is 13.7. The highest BCUT2D eigenvalue weighted by Gasteiger charge is 2.53. The fraction of sp³-hybridized carbons (Fsp3) is 0.500. The van der Waals surface area contributed by atoms with Gasteiger partial charge >= 0.3 is 0 Å². The van der Waals surface area contributed by atoms with E-state index in [1.807, 2.05) is 19.1 Å². The predicted molar refractivity (Wildman–Crippen MR) is 116 cm³/mol. The second-order valence-electron chi connectivity index (χ2n) is 8.85. The van der Waals surface area contributed by atoms with Gasteiger partial charge in [0.05, 0.1) is 13.7 Å². The van der Waals surface area contributed by atoms with Gasteiger partial charge in [-0.3, -0.25) is 9.78 Å². The largest absolute Gasteiger partial charge is 0.495 e. The Balaban J connectivity index is 1.50. The Morgan fingerprint density at radius 2 is 2.16 bits per heavy atom. The Morgan fingerprint density at radius 1 is 1.34 bits per heavy atom. The van der Waals surface area contributed by atoms with Gasteiger partial charge in [0.2, 0.25) is 0 Å². The molecule has 2 fully saturated rings. The van der Waals surface area contributed by atoms with E-state index in [-0.39, 0.29) is 25.4 Å². The molecule has 2 saturated heterocycles. The number of fused-ring (bicyclic) bond motifs is 1. The van der Waals surface area contributed by atoms with Crippen molar-refractivity contribution >= 4 is 5.91 Å². The van der Waals surface area contributed by atoms with Crippen molar-refractivity contribution in [1.29, 1.82) is 0 Å². The molecule has 2 aromatic rings. The minimum Gasteiger partial charge on any atom is -0.495 e. The highest BCUT2D eigenvalue weighted by molar-refractivity contribution is 5.94. The summed E-state index contributed by atoms with van der Waals surface area (Å²) in [5.41, 5.74) is -0.136. The van der Waals surface area contributed by atoms with Crippen molar-refractivity contribution in [2.75, 3.05) is 33.6 Å². The molecule has 32 heavy (non-hydrogen) atoms. The maximum Gasteiger partial charge on any atom is 0.253 e. The van der Waals surface area contributed by atoms with Gasteiger partial charge in [-0.15, -0.1) is 0 Å². The van der Waals surface area contributed by atoms with E-state index in [4.69, 9.17) is 18.9 Å².